The van der Waals surface area contributed by atoms with Gasteiger partial charge in [0.25, 0.3) is 0 Å². The van der Waals surface area contributed by atoms with Crippen LogP contribution in [0, 0.1) is 5.92 Å². The summed E-state index contributed by atoms with van der Waals surface area (Å²) in [5.41, 5.74) is 0. The van der Waals surface area contributed by atoms with E-state index in [0.29, 0.717) is 18.8 Å². The van der Waals surface area contributed by atoms with E-state index in [1.165, 1.54) is 0 Å². The van der Waals surface area contributed by atoms with Gasteiger partial charge >= 0.3 is 0 Å². The number of nitrogens with one attached hydrogen (secondary N) is 1. The van der Waals surface area contributed by atoms with Crippen LogP contribution in [0.5, 0.6) is 0 Å². The molecule has 6 heteroatoms. The second kappa shape index (κ2) is 6.35. The lowest BCUT2D eigenvalue weighted by Crippen LogP contribution is -2.39. The lowest BCUT2D eigenvalue weighted by Gasteiger charge is -2.19. The van der Waals surface area contributed by atoms with Crippen LogP contribution in [0.2, 0.25) is 0 Å². The largest absolute Gasteiger partial charge is 0.342 e. The standard InChI is InChI=1S/C11H22N2O3S/c1-3-13(4-2)11(14)8-12-7-10-5-6-17(15,16)9-10/h10,12H,3-9H2,1-2H3. The van der Waals surface area contributed by atoms with E-state index in [2.05, 4.69) is 5.32 Å². The maximum absolute atomic E-state index is 11.7. The molecule has 0 radical (unpaired) electrons. The SMILES string of the molecule is CCN(CC)C(=O)CNCC1CCS(=O)(=O)C1. The Bertz CT molecular complexity index is 350. The molecule has 1 aliphatic heterocycles. The number of carbonyl (C=O) groups is 1. The van der Waals surface area contributed by atoms with Gasteiger partial charge in [-0.1, -0.05) is 0 Å². The molecule has 17 heavy (non-hydrogen) atoms. The van der Waals surface area contributed by atoms with Gasteiger partial charge in [-0.3, -0.25) is 4.79 Å². The summed E-state index contributed by atoms with van der Waals surface area (Å²) in [6.07, 6.45) is 0.717. The summed E-state index contributed by atoms with van der Waals surface area (Å²) in [6, 6.07) is 0. The zero-order valence-electron chi connectivity index (χ0n) is 10.6. The number of hydrogen-bond acceptors (Lipinski definition) is 4. The number of carbonyl (C=O) groups excluding carboxylic acids is 1. The molecule has 1 rings (SSSR count). The zero-order chi connectivity index (χ0) is 12.9. The van der Waals surface area contributed by atoms with Crippen molar-refractivity contribution in [3.05, 3.63) is 0 Å². The van der Waals surface area contributed by atoms with Crippen LogP contribution in [0.3, 0.4) is 0 Å². The van der Waals surface area contributed by atoms with Crippen molar-refractivity contribution >= 4 is 15.7 Å². The van der Waals surface area contributed by atoms with Crippen molar-refractivity contribution in [2.45, 2.75) is 20.3 Å². The number of amides is 1. The average Bonchev–Trinajstić information content (AvgIpc) is 2.60. The molecule has 1 heterocycles. The van der Waals surface area contributed by atoms with Crippen LogP contribution in [0.1, 0.15) is 20.3 Å². The van der Waals surface area contributed by atoms with Crippen molar-refractivity contribution in [1.29, 1.82) is 0 Å². The Kier molecular flexibility index (Phi) is 5.39. The van der Waals surface area contributed by atoms with Gasteiger partial charge in [0.2, 0.25) is 5.91 Å². The highest BCUT2D eigenvalue weighted by Crippen LogP contribution is 2.17. The molecule has 0 bridgehead atoms. The minimum Gasteiger partial charge on any atom is -0.342 e. The Labute approximate surface area is 103 Å². The fourth-order valence-electron chi connectivity index (χ4n) is 2.10. The van der Waals surface area contributed by atoms with Crippen molar-refractivity contribution in [2.75, 3.05) is 37.7 Å². The van der Waals surface area contributed by atoms with Crippen LogP contribution in [-0.2, 0) is 14.6 Å². The highest BCUT2D eigenvalue weighted by atomic mass is 32.2. The first-order chi connectivity index (χ1) is 7.98. The minimum absolute atomic E-state index is 0.0795. The molecule has 1 N–H and O–H groups in total. The van der Waals surface area contributed by atoms with Crippen molar-refractivity contribution in [3.8, 4) is 0 Å². The fourth-order valence-corrected chi connectivity index (χ4v) is 3.97. The smallest absolute Gasteiger partial charge is 0.236 e. The Morgan fingerprint density at radius 3 is 2.47 bits per heavy atom. The molecule has 100 valence electrons. The van der Waals surface area contributed by atoms with Gasteiger partial charge in [-0.25, -0.2) is 8.42 Å². The molecule has 0 saturated carbocycles. The second-order valence-electron chi connectivity index (χ2n) is 4.47. The molecule has 0 aliphatic carbocycles. The monoisotopic (exact) mass is 262 g/mol. The predicted molar refractivity (Wildman–Crippen MR) is 67.6 cm³/mol. The summed E-state index contributed by atoms with van der Waals surface area (Å²) < 4.78 is 22.5. The lowest BCUT2D eigenvalue weighted by atomic mass is 10.1. The van der Waals surface area contributed by atoms with Gasteiger partial charge in [-0.15, -0.1) is 0 Å². The van der Waals surface area contributed by atoms with Crippen LogP contribution < -0.4 is 5.32 Å². The Hall–Kier alpha value is -0.620. The van der Waals surface area contributed by atoms with E-state index in [4.69, 9.17) is 0 Å². The summed E-state index contributed by atoms with van der Waals surface area (Å²) in [4.78, 5) is 13.4. The van der Waals surface area contributed by atoms with Gasteiger partial charge in [0.1, 0.15) is 0 Å². The van der Waals surface area contributed by atoms with Gasteiger partial charge in [0, 0.05) is 13.1 Å². The molecule has 1 saturated heterocycles. The number of likely N-dealkylation sites (N-methyl/N-ethyl adjacent to an activating group) is 1. The van der Waals surface area contributed by atoms with Crippen LogP contribution in [0.25, 0.3) is 0 Å². The van der Waals surface area contributed by atoms with E-state index in [1.807, 2.05) is 13.8 Å². The van der Waals surface area contributed by atoms with E-state index in [9.17, 15) is 13.2 Å². The summed E-state index contributed by atoms with van der Waals surface area (Å²) in [5.74, 6) is 0.809. The van der Waals surface area contributed by atoms with Gasteiger partial charge in [0.05, 0.1) is 18.1 Å². The Morgan fingerprint density at radius 2 is 2.00 bits per heavy atom. The molecule has 0 spiro atoms. The van der Waals surface area contributed by atoms with Gasteiger partial charge < -0.3 is 10.2 Å². The van der Waals surface area contributed by atoms with Crippen molar-refractivity contribution in [3.63, 3.8) is 0 Å². The molecule has 5 nitrogen and oxygen atoms in total. The Morgan fingerprint density at radius 1 is 1.35 bits per heavy atom. The molecule has 1 amide bonds. The van der Waals surface area contributed by atoms with E-state index in [1.54, 1.807) is 4.90 Å². The Balaban J connectivity index is 2.22. The second-order valence-corrected chi connectivity index (χ2v) is 6.69. The van der Waals surface area contributed by atoms with E-state index in [0.717, 1.165) is 19.5 Å². The molecule has 1 unspecified atom stereocenters. The van der Waals surface area contributed by atoms with Crippen LogP contribution in [0.4, 0.5) is 0 Å². The third-order valence-corrected chi connectivity index (χ3v) is 4.99. The molecular formula is C11H22N2O3S. The van der Waals surface area contributed by atoms with E-state index in [-0.39, 0.29) is 17.6 Å². The topological polar surface area (TPSA) is 66.5 Å². The van der Waals surface area contributed by atoms with Crippen molar-refractivity contribution < 1.29 is 13.2 Å². The molecule has 1 aliphatic rings. The van der Waals surface area contributed by atoms with Gasteiger partial charge in [-0.05, 0) is 32.7 Å². The first kappa shape index (κ1) is 14.4. The maximum Gasteiger partial charge on any atom is 0.236 e. The summed E-state index contributed by atoms with van der Waals surface area (Å²) >= 11 is 0. The summed E-state index contributed by atoms with van der Waals surface area (Å²) in [5, 5.41) is 3.06. The molecular weight excluding hydrogens is 240 g/mol. The lowest BCUT2D eigenvalue weighted by molar-refractivity contribution is -0.129. The first-order valence-corrected chi connectivity index (χ1v) is 7.99. The van der Waals surface area contributed by atoms with Crippen LogP contribution in [-0.4, -0.2) is 56.9 Å². The van der Waals surface area contributed by atoms with Crippen molar-refractivity contribution in [2.24, 2.45) is 5.92 Å². The molecule has 0 aromatic heterocycles. The quantitative estimate of drug-likeness (QED) is 0.725. The molecule has 1 atom stereocenters. The average molecular weight is 262 g/mol. The highest BCUT2D eigenvalue weighted by Gasteiger charge is 2.27. The number of sulfone groups is 1. The third-order valence-electron chi connectivity index (χ3n) is 3.15. The molecule has 0 aromatic rings. The normalized spacial score (nSPS) is 22.6. The number of hydrogen-bond donors (Lipinski definition) is 1. The third kappa shape index (κ3) is 4.63. The molecule has 1 fully saturated rings. The highest BCUT2D eigenvalue weighted by molar-refractivity contribution is 7.91. The number of rotatable bonds is 6. The fraction of sp³-hybridized carbons (Fsp3) is 0.909. The van der Waals surface area contributed by atoms with Gasteiger partial charge in [-0.2, -0.15) is 0 Å². The van der Waals surface area contributed by atoms with Gasteiger partial charge in [0.15, 0.2) is 9.84 Å². The number of nitrogens with zero attached hydrogens (tertiary/aromatic N) is 1. The van der Waals surface area contributed by atoms with E-state index < -0.39 is 9.84 Å². The van der Waals surface area contributed by atoms with Crippen LogP contribution >= 0.6 is 0 Å². The maximum atomic E-state index is 11.7. The predicted octanol–water partition coefficient (Wildman–Crippen LogP) is -0.121. The summed E-state index contributed by atoms with van der Waals surface area (Å²) in [7, 11) is -2.81. The van der Waals surface area contributed by atoms with Crippen LogP contribution in [0.15, 0.2) is 0 Å². The first-order valence-electron chi connectivity index (χ1n) is 6.17. The zero-order valence-corrected chi connectivity index (χ0v) is 11.4. The summed E-state index contributed by atoms with van der Waals surface area (Å²) in [6.45, 7) is 6.25. The van der Waals surface area contributed by atoms with E-state index >= 15 is 0 Å². The molecule has 0 aromatic carbocycles. The van der Waals surface area contributed by atoms with Crippen molar-refractivity contribution in [1.82, 2.24) is 10.2 Å². The minimum atomic E-state index is -2.81.